The first kappa shape index (κ1) is 47.3. The van der Waals surface area contributed by atoms with E-state index < -0.39 is 0 Å². The molecule has 0 radical (unpaired) electrons. The largest absolute Gasteiger partial charge is 0.456 e. The summed E-state index contributed by atoms with van der Waals surface area (Å²) in [4.78, 5) is 18.7. The molecule has 12 aromatic carbocycles. The molecule has 0 atom stereocenters. The van der Waals surface area contributed by atoms with Gasteiger partial charge in [-0.2, -0.15) is 0 Å². The smallest absolute Gasteiger partial charge is 0.164 e. The molecule has 6 nitrogen and oxygen atoms in total. The van der Waals surface area contributed by atoms with Crippen molar-refractivity contribution in [3.63, 3.8) is 0 Å². The number of nitrogens with zero attached hydrogens (tertiary/aromatic N) is 4. The molecule has 0 fully saturated rings. The van der Waals surface area contributed by atoms with Crippen LogP contribution in [0.15, 0.2) is 300 Å². The van der Waals surface area contributed by atoms with Crippen molar-refractivity contribution in [3.05, 3.63) is 291 Å². The highest BCUT2D eigenvalue weighted by atomic mass is 16.3. The highest BCUT2D eigenvalue weighted by molar-refractivity contribution is 6.22. The minimum Gasteiger partial charge on any atom is -0.456 e. The van der Waals surface area contributed by atoms with E-state index in [0.29, 0.717) is 17.5 Å². The Morgan fingerprint density at radius 1 is 0.247 bits per heavy atom. The molecule has 0 aliphatic heterocycles. The van der Waals surface area contributed by atoms with Crippen molar-refractivity contribution in [3.8, 4) is 89.8 Å². The van der Waals surface area contributed by atoms with Gasteiger partial charge in [0.15, 0.2) is 17.5 Å². The molecular formula is C75H48N4O2. The molecule has 380 valence electrons. The van der Waals surface area contributed by atoms with Gasteiger partial charge in [-0.3, -0.25) is 0 Å². The van der Waals surface area contributed by atoms with Gasteiger partial charge in [0.1, 0.15) is 22.3 Å². The van der Waals surface area contributed by atoms with Crippen LogP contribution in [0, 0.1) is 0 Å². The molecule has 15 rings (SSSR count). The van der Waals surface area contributed by atoms with Gasteiger partial charge in [0.2, 0.25) is 0 Å². The summed E-state index contributed by atoms with van der Waals surface area (Å²) in [6.07, 6.45) is 0. The van der Waals surface area contributed by atoms with Crippen LogP contribution in [0.3, 0.4) is 0 Å². The van der Waals surface area contributed by atoms with Crippen LogP contribution in [-0.4, -0.2) is 15.0 Å². The summed E-state index contributed by atoms with van der Waals surface area (Å²) >= 11 is 0. The average Bonchev–Trinajstić information content (AvgIpc) is 4.18. The van der Waals surface area contributed by atoms with Crippen molar-refractivity contribution in [1.82, 2.24) is 15.0 Å². The van der Waals surface area contributed by atoms with Crippen LogP contribution in [0.5, 0.6) is 0 Å². The highest BCUT2D eigenvalue weighted by Gasteiger charge is 2.26. The number of para-hydroxylation sites is 2. The molecule has 3 aromatic heterocycles. The molecule has 0 saturated carbocycles. The van der Waals surface area contributed by atoms with Crippen molar-refractivity contribution < 1.29 is 8.83 Å². The van der Waals surface area contributed by atoms with Crippen LogP contribution in [0.1, 0.15) is 0 Å². The third kappa shape index (κ3) is 8.78. The lowest BCUT2D eigenvalue weighted by atomic mass is 9.91. The molecule has 15 aromatic rings. The Morgan fingerprint density at radius 3 is 1.25 bits per heavy atom. The predicted molar refractivity (Wildman–Crippen MR) is 333 cm³/mol. The number of fused-ring (bicyclic) bond motifs is 7. The Kier molecular flexibility index (Phi) is 11.7. The van der Waals surface area contributed by atoms with E-state index in [4.69, 9.17) is 23.8 Å². The second-order valence-corrected chi connectivity index (χ2v) is 20.3. The normalized spacial score (nSPS) is 11.5. The van der Waals surface area contributed by atoms with E-state index in [0.717, 1.165) is 133 Å². The number of aromatic nitrogens is 3. The highest BCUT2D eigenvalue weighted by Crippen LogP contribution is 2.50. The standard InChI is InChI=1S/C75H48N4O2/c1-7-21-49(22-8-1)52-35-37-55(38-36-52)73-76-74(58-44-56(50-23-9-2-10-24-50)43-57(45-58)51-25-11-3-12-26-51)78-75(77-73)59-46-65(53-27-13-4-14-28-53)71(66(47-59)54-29-15-5-16-30-54)79(60-31-17-6-18-32-60)61-39-40-64-69(48-61)80-68-42-41-63-62-33-19-20-34-67(62)81-72(63)70(64)68/h1-48H. The van der Waals surface area contributed by atoms with Gasteiger partial charge in [0.25, 0.3) is 0 Å². The zero-order chi connectivity index (χ0) is 53.6. The SMILES string of the molecule is c1ccc(-c2ccc(-c3nc(-c4cc(-c5ccccc5)cc(-c5ccccc5)c4)nc(-c4cc(-c5ccccc5)c(N(c5ccccc5)c5ccc6c(c5)oc5ccc7c8ccccc8oc7c56)c(-c5ccccc5)c4)n3)cc2)cc1. The molecule has 0 aliphatic rings. The van der Waals surface area contributed by atoms with Crippen molar-refractivity contribution in [2.45, 2.75) is 0 Å². The van der Waals surface area contributed by atoms with E-state index in [1.54, 1.807) is 0 Å². The summed E-state index contributed by atoms with van der Waals surface area (Å²) in [6, 6.07) is 102. The van der Waals surface area contributed by atoms with E-state index in [2.05, 4.69) is 278 Å². The molecule has 81 heavy (non-hydrogen) atoms. The van der Waals surface area contributed by atoms with Crippen molar-refractivity contribution in [2.24, 2.45) is 0 Å². The summed E-state index contributed by atoms with van der Waals surface area (Å²) in [7, 11) is 0. The summed E-state index contributed by atoms with van der Waals surface area (Å²) in [5.74, 6) is 1.67. The molecule has 0 spiro atoms. The first-order chi connectivity index (χ1) is 40.1. The fourth-order valence-corrected chi connectivity index (χ4v) is 11.4. The Balaban J connectivity index is 0.974. The van der Waals surface area contributed by atoms with E-state index in [1.165, 1.54) is 0 Å². The average molecular weight is 1040 g/mol. The van der Waals surface area contributed by atoms with E-state index >= 15 is 0 Å². The third-order valence-electron chi connectivity index (χ3n) is 15.3. The maximum Gasteiger partial charge on any atom is 0.164 e. The molecule has 0 unspecified atom stereocenters. The van der Waals surface area contributed by atoms with Crippen LogP contribution < -0.4 is 4.90 Å². The monoisotopic (exact) mass is 1040 g/mol. The fourth-order valence-electron chi connectivity index (χ4n) is 11.4. The Hall–Kier alpha value is -11.0. The summed E-state index contributed by atoms with van der Waals surface area (Å²) in [5.41, 5.74) is 19.3. The quantitative estimate of drug-likeness (QED) is 0.129. The minimum atomic E-state index is 0.543. The van der Waals surface area contributed by atoms with Crippen LogP contribution in [0.25, 0.3) is 134 Å². The maximum absolute atomic E-state index is 6.81. The van der Waals surface area contributed by atoms with Gasteiger partial charge < -0.3 is 13.7 Å². The van der Waals surface area contributed by atoms with Gasteiger partial charge >= 0.3 is 0 Å². The number of hydrogen-bond acceptors (Lipinski definition) is 6. The molecular weight excluding hydrogens is 989 g/mol. The summed E-state index contributed by atoms with van der Waals surface area (Å²) in [5, 5.41) is 4.08. The van der Waals surface area contributed by atoms with Crippen LogP contribution in [0.2, 0.25) is 0 Å². The van der Waals surface area contributed by atoms with Gasteiger partial charge in [0.05, 0.1) is 11.1 Å². The van der Waals surface area contributed by atoms with Gasteiger partial charge in [0, 0.05) is 61.4 Å². The van der Waals surface area contributed by atoms with Crippen LogP contribution >= 0.6 is 0 Å². The van der Waals surface area contributed by atoms with Gasteiger partial charge in [-0.05, 0) is 117 Å². The number of benzene rings is 12. The fraction of sp³-hybridized carbons (Fsp3) is 0. The number of furan rings is 2. The molecule has 0 amide bonds. The van der Waals surface area contributed by atoms with Crippen LogP contribution in [0.4, 0.5) is 17.1 Å². The molecule has 6 heteroatoms. The number of anilines is 3. The van der Waals surface area contributed by atoms with E-state index in [-0.39, 0.29) is 0 Å². The zero-order valence-electron chi connectivity index (χ0n) is 43.8. The predicted octanol–water partition coefficient (Wildman–Crippen LogP) is 20.5. The number of rotatable bonds is 11. The molecule has 0 N–H and O–H groups in total. The van der Waals surface area contributed by atoms with Crippen molar-refractivity contribution in [1.29, 1.82) is 0 Å². The summed E-state index contributed by atoms with van der Waals surface area (Å²) in [6.45, 7) is 0. The first-order valence-corrected chi connectivity index (χ1v) is 27.2. The molecule has 0 aliphatic carbocycles. The van der Waals surface area contributed by atoms with E-state index in [9.17, 15) is 0 Å². The Morgan fingerprint density at radius 2 is 0.679 bits per heavy atom. The van der Waals surface area contributed by atoms with Crippen molar-refractivity contribution >= 4 is 60.9 Å². The maximum atomic E-state index is 6.81. The second kappa shape index (κ2) is 20.1. The molecule has 0 bridgehead atoms. The molecule has 0 saturated heterocycles. The topological polar surface area (TPSA) is 68.2 Å². The Labute approximate surface area is 468 Å². The second-order valence-electron chi connectivity index (χ2n) is 20.3. The van der Waals surface area contributed by atoms with Crippen molar-refractivity contribution in [2.75, 3.05) is 4.90 Å². The van der Waals surface area contributed by atoms with Gasteiger partial charge in [-0.25, -0.2) is 15.0 Å². The Bertz CT molecular complexity index is 4660. The van der Waals surface area contributed by atoms with E-state index in [1.807, 2.05) is 18.2 Å². The van der Waals surface area contributed by atoms with Gasteiger partial charge in [-0.15, -0.1) is 0 Å². The van der Waals surface area contributed by atoms with Gasteiger partial charge in [-0.1, -0.05) is 212 Å². The first-order valence-electron chi connectivity index (χ1n) is 27.2. The lowest BCUT2D eigenvalue weighted by molar-refractivity contribution is 0.663. The lowest BCUT2D eigenvalue weighted by Gasteiger charge is -2.31. The lowest BCUT2D eigenvalue weighted by Crippen LogP contribution is -2.13. The minimum absolute atomic E-state index is 0.543. The number of hydrogen-bond donors (Lipinski definition) is 0. The molecule has 3 heterocycles. The third-order valence-corrected chi connectivity index (χ3v) is 15.3. The van der Waals surface area contributed by atoms with Crippen LogP contribution in [-0.2, 0) is 0 Å². The zero-order valence-corrected chi connectivity index (χ0v) is 43.8. The summed E-state index contributed by atoms with van der Waals surface area (Å²) < 4.78 is 13.4.